The molecule has 6 nitrogen and oxygen atoms in total. The molecule has 0 saturated carbocycles. The summed E-state index contributed by atoms with van der Waals surface area (Å²) in [5, 5.41) is 8.90. The molecule has 0 atom stereocenters. The molecule has 0 fully saturated rings. The molecule has 196 valence electrons. The van der Waals surface area contributed by atoms with Gasteiger partial charge in [-0.1, -0.05) is 32.9 Å². The zero-order valence-electron chi connectivity index (χ0n) is 21.3. The van der Waals surface area contributed by atoms with Crippen molar-refractivity contribution in [2.75, 3.05) is 38.5 Å². The predicted molar refractivity (Wildman–Crippen MR) is 155 cm³/mol. The van der Waals surface area contributed by atoms with Crippen LogP contribution in [-0.4, -0.2) is 56.8 Å². The molecule has 1 aromatic carbocycles. The lowest BCUT2D eigenvalue weighted by Gasteiger charge is -2.16. The molecular formula is C25H39BrN4O2S3. The summed E-state index contributed by atoms with van der Waals surface area (Å²) in [6.07, 6.45) is 3.21. The number of aryl methyl sites for hydroxylation is 2. The average Bonchev–Trinajstić information content (AvgIpc) is 3.23. The minimum Gasteiger partial charge on any atom is -0.372 e. The summed E-state index contributed by atoms with van der Waals surface area (Å²) in [6.45, 7) is 13.2. The Morgan fingerprint density at radius 2 is 1.91 bits per heavy atom. The van der Waals surface area contributed by atoms with Gasteiger partial charge in [-0.2, -0.15) is 11.8 Å². The molecule has 1 heterocycles. The normalized spacial score (nSPS) is 12.3. The van der Waals surface area contributed by atoms with E-state index < -0.39 is 9.84 Å². The van der Waals surface area contributed by atoms with Crippen molar-refractivity contribution in [1.82, 2.24) is 20.5 Å². The van der Waals surface area contributed by atoms with Gasteiger partial charge in [0.1, 0.15) is 5.82 Å². The lowest BCUT2D eigenvalue weighted by atomic mass is 10.3. The van der Waals surface area contributed by atoms with Crippen molar-refractivity contribution in [3.8, 4) is 0 Å². The summed E-state index contributed by atoms with van der Waals surface area (Å²) in [5.74, 6) is 2.25. The lowest BCUT2D eigenvalue weighted by Crippen LogP contribution is -2.29. The molecular weight excluding hydrogens is 564 g/mol. The topological polar surface area (TPSA) is 74.3 Å². The van der Waals surface area contributed by atoms with Crippen molar-refractivity contribution in [3.05, 3.63) is 55.5 Å². The number of aromatic nitrogens is 1. The van der Waals surface area contributed by atoms with E-state index in [2.05, 4.69) is 52.2 Å². The Bertz CT molecular complexity index is 1040. The molecule has 0 saturated heterocycles. The van der Waals surface area contributed by atoms with Gasteiger partial charge >= 0.3 is 0 Å². The van der Waals surface area contributed by atoms with E-state index in [1.807, 2.05) is 30.0 Å². The summed E-state index contributed by atoms with van der Waals surface area (Å²) >= 11 is 7.02. The maximum atomic E-state index is 12.8. The first kappa shape index (κ1) is 30.2. The maximum absolute atomic E-state index is 12.8. The fourth-order valence-corrected chi connectivity index (χ4v) is 7.74. The van der Waals surface area contributed by atoms with Crippen LogP contribution in [0.5, 0.6) is 0 Å². The van der Waals surface area contributed by atoms with E-state index >= 15 is 0 Å². The van der Waals surface area contributed by atoms with E-state index in [-0.39, 0.29) is 4.90 Å². The van der Waals surface area contributed by atoms with Crippen LogP contribution in [0.3, 0.4) is 0 Å². The van der Waals surface area contributed by atoms with Crippen molar-refractivity contribution < 1.29 is 8.42 Å². The highest BCUT2D eigenvalue weighted by atomic mass is 79.9. The highest BCUT2D eigenvalue weighted by Crippen LogP contribution is 2.25. The third-order valence-electron chi connectivity index (χ3n) is 5.49. The fourth-order valence-electron chi connectivity index (χ4n) is 3.58. The van der Waals surface area contributed by atoms with Crippen LogP contribution < -0.4 is 10.6 Å². The van der Waals surface area contributed by atoms with E-state index in [1.54, 1.807) is 24.3 Å². The number of rotatable bonds is 17. The highest BCUT2D eigenvalue weighted by Gasteiger charge is 2.16. The number of hydrogen-bond acceptors (Lipinski definition) is 8. The zero-order chi connectivity index (χ0) is 25.7. The number of hydrogen-bond donors (Lipinski definition) is 2. The third-order valence-corrected chi connectivity index (χ3v) is 10.2. The van der Waals surface area contributed by atoms with Gasteiger partial charge in [-0.3, -0.25) is 0 Å². The van der Waals surface area contributed by atoms with Gasteiger partial charge in [-0.15, -0.1) is 11.3 Å². The molecule has 0 amide bonds. The number of sulfone groups is 1. The molecule has 2 N–H and O–H groups in total. The van der Waals surface area contributed by atoms with Crippen LogP contribution in [0.15, 0.2) is 44.9 Å². The van der Waals surface area contributed by atoms with Gasteiger partial charge in [-0.25, -0.2) is 13.4 Å². The molecule has 2 rings (SSSR count). The van der Waals surface area contributed by atoms with E-state index in [4.69, 9.17) is 4.98 Å². The second-order valence-electron chi connectivity index (χ2n) is 7.98. The first-order chi connectivity index (χ1) is 16.8. The molecule has 0 unspecified atom stereocenters. The largest absolute Gasteiger partial charge is 0.372 e. The van der Waals surface area contributed by atoms with Gasteiger partial charge in [0, 0.05) is 40.4 Å². The van der Waals surface area contributed by atoms with Crippen LogP contribution in [-0.2, 0) is 28.4 Å². The molecule has 0 radical (unpaired) electrons. The molecule has 35 heavy (non-hydrogen) atoms. The van der Waals surface area contributed by atoms with E-state index in [0.717, 1.165) is 50.4 Å². The monoisotopic (exact) mass is 602 g/mol. The minimum absolute atomic E-state index is 0.259. The zero-order valence-corrected chi connectivity index (χ0v) is 25.3. The smallest absolute Gasteiger partial charge is 0.204 e. The minimum atomic E-state index is -3.57. The van der Waals surface area contributed by atoms with Gasteiger partial charge in [-0.05, 0) is 67.5 Å². The van der Waals surface area contributed by atoms with Crippen molar-refractivity contribution >= 4 is 48.9 Å². The van der Waals surface area contributed by atoms with E-state index in [9.17, 15) is 8.42 Å². The van der Waals surface area contributed by atoms with Crippen LogP contribution >= 0.6 is 39.0 Å². The summed E-state index contributed by atoms with van der Waals surface area (Å²) in [5.41, 5.74) is 1.21. The van der Waals surface area contributed by atoms with Crippen LogP contribution in [0.4, 0.5) is 0 Å². The van der Waals surface area contributed by atoms with Gasteiger partial charge in [0.2, 0.25) is 9.84 Å². The Hall–Kier alpha value is -1.07. The molecule has 0 aliphatic rings. The quantitative estimate of drug-likeness (QED) is 0.233. The third kappa shape index (κ3) is 10.1. The number of nitrogens with one attached hydrogen (secondary N) is 2. The van der Waals surface area contributed by atoms with Crippen LogP contribution in [0.2, 0.25) is 0 Å². The number of halogens is 1. The van der Waals surface area contributed by atoms with Crippen LogP contribution in [0, 0.1) is 0 Å². The van der Waals surface area contributed by atoms with Crippen molar-refractivity contribution in [2.24, 2.45) is 0 Å². The Kier molecular flexibility index (Phi) is 13.7. The summed E-state index contributed by atoms with van der Waals surface area (Å²) in [6, 6.07) is 6.86. The number of benzene rings is 1. The van der Waals surface area contributed by atoms with Crippen LogP contribution in [0.1, 0.15) is 49.7 Å². The van der Waals surface area contributed by atoms with E-state index in [1.165, 1.54) is 21.0 Å². The van der Waals surface area contributed by atoms with Gasteiger partial charge in [0.25, 0.3) is 0 Å². The second kappa shape index (κ2) is 15.9. The first-order valence-electron chi connectivity index (χ1n) is 12.3. The molecule has 10 heteroatoms. The second-order valence-corrected chi connectivity index (χ2v) is 12.9. The summed E-state index contributed by atoms with van der Waals surface area (Å²) in [7, 11) is -3.57. The Morgan fingerprint density at radius 3 is 2.57 bits per heavy atom. The number of thiazole rings is 1. The maximum Gasteiger partial charge on any atom is 0.204 e. The SMILES string of the molecule is CCNC(=CS(=O)(=O)c1ccccc1Br)NCCSCc1nc(CCCN(CC)CC)sc1CC. The molecule has 2 aromatic rings. The molecule has 0 bridgehead atoms. The van der Waals surface area contributed by atoms with Crippen molar-refractivity contribution in [2.45, 2.75) is 57.6 Å². The van der Waals surface area contributed by atoms with Gasteiger partial charge in [0.05, 0.1) is 21.0 Å². The van der Waals surface area contributed by atoms with Crippen LogP contribution in [0.25, 0.3) is 0 Å². The predicted octanol–water partition coefficient (Wildman–Crippen LogP) is 5.45. The van der Waals surface area contributed by atoms with Crippen molar-refractivity contribution in [1.29, 1.82) is 0 Å². The summed E-state index contributed by atoms with van der Waals surface area (Å²) < 4.78 is 26.2. The molecule has 0 aliphatic heterocycles. The lowest BCUT2D eigenvalue weighted by molar-refractivity contribution is 0.300. The number of nitrogens with zero attached hydrogens (tertiary/aromatic N) is 2. The molecule has 0 spiro atoms. The molecule has 1 aromatic heterocycles. The Balaban J connectivity index is 1.87. The Morgan fingerprint density at radius 1 is 1.17 bits per heavy atom. The first-order valence-corrected chi connectivity index (χ1v) is 16.6. The fraction of sp³-hybridized carbons (Fsp3) is 0.560. The summed E-state index contributed by atoms with van der Waals surface area (Å²) in [4.78, 5) is 9.03. The molecule has 0 aliphatic carbocycles. The Labute approximate surface area is 228 Å². The standard InChI is InChI=1S/C25H39BrN4O2S3/c1-5-22-21(29-25(34-22)14-11-16-30(7-3)8-4)18-33-17-15-28-24(27-6-2)19-35(31,32)23-13-10-9-12-20(23)26/h9-10,12-13,19,27-28H,5-8,11,14-18H2,1-4H3. The van der Waals surface area contributed by atoms with Gasteiger partial charge < -0.3 is 15.5 Å². The van der Waals surface area contributed by atoms with Gasteiger partial charge in [0.15, 0.2) is 0 Å². The van der Waals surface area contributed by atoms with E-state index in [0.29, 0.717) is 23.4 Å². The number of thioether (sulfide) groups is 1. The average molecular weight is 604 g/mol. The van der Waals surface area contributed by atoms with Crippen molar-refractivity contribution in [3.63, 3.8) is 0 Å². The highest BCUT2D eigenvalue weighted by molar-refractivity contribution is 9.10.